The molecular weight excluding hydrogens is 108 g/mol. The van der Waals surface area contributed by atoms with Gasteiger partial charge in [0.25, 0.3) is 0 Å². The van der Waals surface area contributed by atoms with Crippen LogP contribution in [0.25, 0.3) is 0 Å². The van der Waals surface area contributed by atoms with E-state index in [1.807, 2.05) is 0 Å². The van der Waals surface area contributed by atoms with Crippen molar-refractivity contribution in [1.82, 2.24) is 0 Å². The molecule has 0 aromatic heterocycles. The molecule has 0 unspecified atom stereocenters. The molecule has 0 aromatic rings. The van der Waals surface area contributed by atoms with Crippen LogP contribution in [0.3, 0.4) is 0 Å². The Kier molecular flexibility index (Phi) is 2690. The molecule has 3 radical (unpaired) electrons. The summed E-state index contributed by atoms with van der Waals surface area (Å²) in [7, 11) is 0. The fourth-order valence-electron chi connectivity index (χ4n) is 0. The maximum absolute atomic E-state index is 0. The Hall–Kier alpha value is 0.608. The first kappa shape index (κ1) is 162. The van der Waals surface area contributed by atoms with E-state index in [4.69, 9.17) is 0 Å². The minimum absolute atomic E-state index is 0. The zero-order valence-corrected chi connectivity index (χ0v) is 5.20. The Morgan fingerprint density at radius 2 is 1.00 bits per heavy atom. The second-order valence-corrected chi connectivity index (χ2v) is 0. The van der Waals surface area contributed by atoms with E-state index in [0.717, 1.165) is 0 Å². The summed E-state index contributed by atoms with van der Waals surface area (Å²) in [6, 6.07) is 0. The summed E-state index contributed by atoms with van der Waals surface area (Å²) in [5, 5.41) is 0. The van der Waals surface area contributed by atoms with Crippen molar-refractivity contribution in [3.63, 3.8) is 0 Å². The maximum atomic E-state index is 0. The standard InChI is InChI=1S/B.2H2O.Zn/h;2*1H2;/p-1. The zero-order chi connectivity index (χ0) is 0. The van der Waals surface area contributed by atoms with Gasteiger partial charge in [0.15, 0.2) is 0 Å². The molecular formula is H3BO2Zn-. The Balaban J connectivity index is 0. The van der Waals surface area contributed by atoms with Crippen LogP contribution in [0.2, 0.25) is 0 Å². The quantitative estimate of drug-likeness (QED) is 0.355. The molecule has 0 saturated carbocycles. The molecule has 0 aliphatic heterocycles. The summed E-state index contributed by atoms with van der Waals surface area (Å²) in [6.45, 7) is 0. The van der Waals surface area contributed by atoms with Crippen molar-refractivity contribution in [3.8, 4) is 0 Å². The van der Waals surface area contributed by atoms with Crippen molar-refractivity contribution >= 4 is 8.41 Å². The van der Waals surface area contributed by atoms with Gasteiger partial charge in [-0.05, 0) is 0 Å². The average Bonchev–Trinajstić information content (AvgIpc) is 0. The molecule has 3 N–H and O–H groups in total. The van der Waals surface area contributed by atoms with Crippen LogP contribution in [0, 0.1) is 0 Å². The number of rotatable bonds is 0. The number of hydrogen-bond donors (Lipinski definition) is 0. The van der Waals surface area contributed by atoms with Crippen LogP contribution in [0.15, 0.2) is 0 Å². The molecule has 0 heterocycles. The van der Waals surface area contributed by atoms with Gasteiger partial charge in [-0.25, -0.2) is 0 Å². The van der Waals surface area contributed by atoms with Gasteiger partial charge in [0.2, 0.25) is 0 Å². The topological polar surface area (TPSA) is 61.5 Å². The summed E-state index contributed by atoms with van der Waals surface area (Å²) in [6.07, 6.45) is 0. The van der Waals surface area contributed by atoms with E-state index in [9.17, 15) is 0 Å². The third kappa shape index (κ3) is 18.2. The molecule has 4 heavy (non-hydrogen) atoms. The van der Waals surface area contributed by atoms with Gasteiger partial charge >= 0.3 is 0 Å². The minimum atomic E-state index is 0. The largest absolute Gasteiger partial charge is 0.870 e. The van der Waals surface area contributed by atoms with Crippen molar-refractivity contribution in [3.05, 3.63) is 0 Å². The third-order valence-corrected chi connectivity index (χ3v) is 0. The van der Waals surface area contributed by atoms with Gasteiger partial charge in [-0.3, -0.25) is 0 Å². The summed E-state index contributed by atoms with van der Waals surface area (Å²) in [5.74, 6) is 0. The van der Waals surface area contributed by atoms with E-state index in [-0.39, 0.29) is 38.8 Å². The monoisotopic (exact) mass is 110 g/mol. The van der Waals surface area contributed by atoms with Gasteiger partial charge in [-0.2, -0.15) is 0 Å². The summed E-state index contributed by atoms with van der Waals surface area (Å²) >= 11 is 0. The molecule has 2 nitrogen and oxygen atoms in total. The van der Waals surface area contributed by atoms with Crippen molar-refractivity contribution in [2.45, 2.75) is 0 Å². The van der Waals surface area contributed by atoms with Gasteiger partial charge in [-0.15, -0.1) is 0 Å². The fourth-order valence-corrected chi connectivity index (χ4v) is 0. The van der Waals surface area contributed by atoms with E-state index in [1.165, 1.54) is 0 Å². The molecule has 0 bridgehead atoms. The maximum Gasteiger partial charge on any atom is 0 e. The predicted octanol–water partition coefficient (Wildman–Crippen LogP) is -1.38. The molecule has 21 valence electrons. The molecule has 0 rings (SSSR count). The van der Waals surface area contributed by atoms with E-state index in [1.54, 1.807) is 0 Å². The molecule has 0 fully saturated rings. The zero-order valence-electron chi connectivity index (χ0n) is 2.23. The Labute approximate surface area is 39.5 Å². The van der Waals surface area contributed by atoms with Crippen LogP contribution in [0.4, 0.5) is 0 Å². The van der Waals surface area contributed by atoms with Crippen LogP contribution in [-0.2, 0) is 19.5 Å². The molecule has 0 atom stereocenters. The van der Waals surface area contributed by atoms with Gasteiger partial charge < -0.3 is 11.0 Å². The Morgan fingerprint density at radius 1 is 1.00 bits per heavy atom. The van der Waals surface area contributed by atoms with E-state index >= 15 is 0 Å². The first-order chi connectivity index (χ1) is 0. The van der Waals surface area contributed by atoms with Crippen LogP contribution >= 0.6 is 0 Å². The second-order valence-electron chi connectivity index (χ2n) is 0. The van der Waals surface area contributed by atoms with Crippen molar-refractivity contribution in [1.29, 1.82) is 0 Å². The third-order valence-electron chi connectivity index (χ3n) is 0. The van der Waals surface area contributed by atoms with Gasteiger partial charge in [0.1, 0.15) is 0 Å². The minimum Gasteiger partial charge on any atom is -0.870 e. The molecule has 0 aliphatic carbocycles. The number of hydrogen-bond acceptors (Lipinski definition) is 1. The molecule has 0 aromatic carbocycles. The van der Waals surface area contributed by atoms with Crippen LogP contribution in [-0.4, -0.2) is 19.4 Å². The van der Waals surface area contributed by atoms with Gasteiger partial charge in [-0.1, -0.05) is 0 Å². The summed E-state index contributed by atoms with van der Waals surface area (Å²) < 4.78 is 0. The molecule has 0 amide bonds. The van der Waals surface area contributed by atoms with Crippen LogP contribution < -0.4 is 0 Å². The van der Waals surface area contributed by atoms with Crippen LogP contribution in [0.5, 0.6) is 0 Å². The first-order valence-corrected chi connectivity index (χ1v) is 0. The normalized spacial score (nSPS) is 0. The fraction of sp³-hybridized carbons (Fsp3) is 0. The van der Waals surface area contributed by atoms with Crippen molar-refractivity contribution < 1.29 is 30.4 Å². The molecule has 4 heteroatoms. The Bertz CT molecular complexity index is 6.00. The van der Waals surface area contributed by atoms with Gasteiger partial charge in [0, 0.05) is 27.9 Å². The van der Waals surface area contributed by atoms with Crippen molar-refractivity contribution in [2.75, 3.05) is 0 Å². The van der Waals surface area contributed by atoms with E-state index < -0.39 is 0 Å². The SMILES string of the molecule is O.[B].[OH-].[Zn]. The predicted molar refractivity (Wildman–Crippen MR) is 11.3 cm³/mol. The van der Waals surface area contributed by atoms with E-state index in [0.29, 0.717) is 0 Å². The summed E-state index contributed by atoms with van der Waals surface area (Å²) in [5.41, 5.74) is 0. The summed E-state index contributed by atoms with van der Waals surface area (Å²) in [4.78, 5) is 0. The molecule has 0 spiro atoms. The molecule has 0 aliphatic rings. The van der Waals surface area contributed by atoms with Gasteiger partial charge in [0.05, 0.1) is 0 Å². The average molecular weight is 111 g/mol. The van der Waals surface area contributed by atoms with Crippen molar-refractivity contribution in [2.24, 2.45) is 0 Å². The second kappa shape index (κ2) is 66.3. The smallest absolute Gasteiger partial charge is 0 e. The first-order valence-electron chi connectivity index (χ1n) is 0. The molecule has 0 saturated heterocycles. The van der Waals surface area contributed by atoms with E-state index in [2.05, 4.69) is 0 Å². The Morgan fingerprint density at radius 3 is 1.00 bits per heavy atom. The van der Waals surface area contributed by atoms with Crippen LogP contribution in [0.1, 0.15) is 0 Å².